The van der Waals surface area contributed by atoms with Gasteiger partial charge in [-0.25, -0.2) is 9.59 Å². The maximum Gasteiger partial charge on any atom is 0.374 e. The van der Waals surface area contributed by atoms with Gasteiger partial charge >= 0.3 is 11.9 Å². The quantitative estimate of drug-likeness (QED) is 0.238. The fourth-order valence-electron chi connectivity index (χ4n) is 1.32. The Balaban J connectivity index is 2.14. The Bertz CT molecular complexity index is 474. The van der Waals surface area contributed by atoms with E-state index in [2.05, 4.69) is 27.6 Å². The predicted molar refractivity (Wildman–Crippen MR) is 70.0 cm³/mol. The van der Waals surface area contributed by atoms with Crippen LogP contribution in [0.2, 0.25) is 0 Å². The highest BCUT2D eigenvalue weighted by Gasteiger charge is 2.54. The summed E-state index contributed by atoms with van der Waals surface area (Å²) in [5, 5.41) is 16.9. The minimum atomic E-state index is -1.34. The van der Waals surface area contributed by atoms with E-state index in [-0.39, 0.29) is 5.71 Å². The first-order chi connectivity index (χ1) is 8.98. The molecule has 10 heteroatoms. The molecule has 1 aliphatic carbocycles. The summed E-state index contributed by atoms with van der Waals surface area (Å²) in [6, 6.07) is 0. The number of oxime groups is 1. The molecule has 1 unspecified atom stereocenters. The molecule has 1 atom stereocenters. The fraction of sp³-hybridized carbons (Fsp3) is 0.444. The van der Waals surface area contributed by atoms with Gasteiger partial charge in [0, 0.05) is 31.2 Å². The normalized spacial score (nSPS) is 24.2. The van der Waals surface area contributed by atoms with E-state index in [1.54, 1.807) is 5.41 Å². The fourth-order valence-corrected chi connectivity index (χ4v) is 2.06. The van der Waals surface area contributed by atoms with Crippen molar-refractivity contribution in [2.45, 2.75) is 23.9 Å². The largest absolute Gasteiger partial charge is 0.478 e. The van der Waals surface area contributed by atoms with Crippen LogP contribution in [-0.2, 0) is 18.6 Å². The van der Waals surface area contributed by atoms with Crippen LogP contribution in [0.25, 0.3) is 0 Å². The maximum absolute atomic E-state index is 11.5. The van der Waals surface area contributed by atoms with Gasteiger partial charge in [-0.2, -0.15) is 0 Å². The molecule has 1 fully saturated rings. The van der Waals surface area contributed by atoms with E-state index in [0.29, 0.717) is 18.5 Å². The van der Waals surface area contributed by atoms with Gasteiger partial charge < -0.3 is 25.2 Å². The smallest absolute Gasteiger partial charge is 0.374 e. The summed E-state index contributed by atoms with van der Waals surface area (Å²) < 4.78 is 4.27. The third-order valence-electron chi connectivity index (χ3n) is 2.57. The third-order valence-corrected chi connectivity index (χ3v) is 3.52. The van der Waals surface area contributed by atoms with Crippen LogP contribution < -0.4 is 11.1 Å². The first kappa shape index (κ1) is 14.0. The molecule has 0 radical (unpaired) electrons. The Morgan fingerprint density at radius 2 is 2.32 bits per heavy atom. The minimum Gasteiger partial charge on any atom is -0.478 e. The van der Waals surface area contributed by atoms with Crippen LogP contribution in [0, 0.1) is 0 Å². The summed E-state index contributed by atoms with van der Waals surface area (Å²) in [5.74, 6) is -1.98. The van der Waals surface area contributed by atoms with Gasteiger partial charge in [-0.3, -0.25) is 0 Å². The molecule has 0 bridgehead atoms. The summed E-state index contributed by atoms with van der Waals surface area (Å²) in [5.41, 5.74) is 3.93. The minimum absolute atomic E-state index is 0.206. The highest BCUT2D eigenvalue weighted by Crippen LogP contribution is 2.40. The zero-order valence-corrected chi connectivity index (χ0v) is 11.2. The van der Waals surface area contributed by atoms with Gasteiger partial charge in [-0.15, -0.1) is 0 Å². The molecule has 1 heterocycles. The molecule has 1 saturated carbocycles. The van der Waals surface area contributed by atoms with Crippen molar-refractivity contribution in [3.05, 3.63) is 11.1 Å². The Labute approximate surface area is 118 Å². The molecule has 1 aliphatic heterocycles. The molecule has 0 saturated heterocycles. The van der Waals surface area contributed by atoms with Gasteiger partial charge in [0.2, 0.25) is 11.3 Å². The number of thioether (sulfide) groups is 1. The van der Waals surface area contributed by atoms with Gasteiger partial charge in [0.25, 0.3) is 0 Å². The average molecular weight is 305 g/mol. The third kappa shape index (κ3) is 2.96. The monoisotopic (exact) mass is 305 g/mol. The van der Waals surface area contributed by atoms with Crippen LogP contribution in [0.15, 0.2) is 16.3 Å². The summed E-state index contributed by atoms with van der Waals surface area (Å²) in [6.45, 7) is 0. The van der Waals surface area contributed by atoms with Crippen molar-refractivity contribution in [3.8, 4) is 0 Å². The lowest BCUT2D eigenvalue weighted by molar-refractivity contribution is -0.153. The molecule has 0 aromatic rings. The predicted octanol–water partition coefficient (Wildman–Crippen LogP) is -0.216. The number of carboxylic acids is 1. The highest BCUT2D eigenvalue weighted by atomic mass is 32.2. The van der Waals surface area contributed by atoms with E-state index in [4.69, 9.17) is 15.7 Å². The van der Waals surface area contributed by atoms with Crippen molar-refractivity contribution in [2.24, 2.45) is 10.9 Å². The summed E-state index contributed by atoms with van der Waals surface area (Å²) in [4.78, 5) is 27.4. The lowest BCUT2D eigenvalue weighted by Crippen LogP contribution is -2.34. The highest BCUT2D eigenvalue weighted by molar-refractivity contribution is 8.02. The SMILES string of the molecule is NC1NC(/C(=N/OC2(C(=O)O)CC2)C(=O)OS)=CS1. The van der Waals surface area contributed by atoms with Crippen LogP contribution >= 0.6 is 24.7 Å². The van der Waals surface area contributed by atoms with E-state index < -0.39 is 23.0 Å². The molecule has 4 N–H and O–H groups in total. The number of nitrogens with zero attached hydrogens (tertiary/aromatic N) is 1. The van der Waals surface area contributed by atoms with Crippen molar-refractivity contribution in [3.63, 3.8) is 0 Å². The second-order valence-electron chi connectivity index (χ2n) is 3.94. The van der Waals surface area contributed by atoms with E-state index in [1.807, 2.05) is 0 Å². The van der Waals surface area contributed by atoms with Crippen molar-refractivity contribution in [1.82, 2.24) is 5.32 Å². The number of hydrogen-bond donors (Lipinski definition) is 4. The lowest BCUT2D eigenvalue weighted by atomic mass is 10.3. The second-order valence-corrected chi connectivity index (χ2v) is 5.14. The van der Waals surface area contributed by atoms with Crippen LogP contribution in [-0.4, -0.2) is 33.9 Å². The molecule has 0 aromatic heterocycles. The first-order valence-electron chi connectivity index (χ1n) is 5.22. The standard InChI is InChI=1S/C9H11N3O5S2/c10-8-11-4(3-19-8)5(6(13)16-18)12-17-9(1-2-9)7(14)15/h3,8,11,18H,1-2,10H2,(H,14,15)/b12-5-. The van der Waals surface area contributed by atoms with E-state index in [9.17, 15) is 9.59 Å². The molecular formula is C9H11N3O5S2. The van der Waals surface area contributed by atoms with Crippen molar-refractivity contribution < 1.29 is 23.7 Å². The van der Waals surface area contributed by atoms with Crippen LogP contribution in [0.1, 0.15) is 12.8 Å². The Kier molecular flexibility index (Phi) is 3.92. The van der Waals surface area contributed by atoms with E-state index in [0.717, 1.165) is 0 Å². The number of carboxylic acid groups (broad SMARTS) is 1. The maximum atomic E-state index is 11.5. The molecular weight excluding hydrogens is 294 g/mol. The van der Waals surface area contributed by atoms with Crippen molar-refractivity contribution in [1.29, 1.82) is 0 Å². The van der Waals surface area contributed by atoms with Gasteiger partial charge in [-0.1, -0.05) is 16.9 Å². The lowest BCUT2D eigenvalue weighted by Gasteiger charge is -2.11. The molecule has 2 rings (SSSR count). The molecule has 0 aromatic carbocycles. The second kappa shape index (κ2) is 5.31. The molecule has 0 spiro atoms. The molecule has 0 amide bonds. The van der Waals surface area contributed by atoms with Gasteiger partial charge in [0.15, 0.2) is 0 Å². The molecule has 19 heavy (non-hydrogen) atoms. The summed E-state index contributed by atoms with van der Waals surface area (Å²) >= 11 is 4.63. The van der Waals surface area contributed by atoms with Gasteiger partial charge in [0.05, 0.1) is 5.70 Å². The van der Waals surface area contributed by atoms with Crippen LogP contribution in [0.3, 0.4) is 0 Å². The number of thiol groups is 1. The number of nitrogens with two attached hydrogens (primary N) is 1. The molecule has 8 nitrogen and oxygen atoms in total. The number of carbonyl (C=O) groups is 2. The topological polar surface area (TPSA) is 123 Å². The molecule has 2 aliphatic rings. The van der Waals surface area contributed by atoms with Crippen LogP contribution in [0.5, 0.6) is 0 Å². The Morgan fingerprint density at radius 3 is 2.74 bits per heavy atom. The number of nitrogens with one attached hydrogen (secondary N) is 1. The van der Waals surface area contributed by atoms with Crippen molar-refractivity contribution in [2.75, 3.05) is 0 Å². The first-order valence-corrected chi connectivity index (χ1v) is 6.53. The Hall–Kier alpha value is -1.39. The van der Waals surface area contributed by atoms with Crippen LogP contribution in [0.4, 0.5) is 0 Å². The number of aliphatic carboxylic acids is 1. The van der Waals surface area contributed by atoms with Crippen molar-refractivity contribution >= 4 is 42.3 Å². The van der Waals surface area contributed by atoms with Gasteiger partial charge in [0.1, 0.15) is 5.50 Å². The van der Waals surface area contributed by atoms with E-state index >= 15 is 0 Å². The van der Waals surface area contributed by atoms with Gasteiger partial charge in [-0.05, 0) is 0 Å². The number of carbonyl (C=O) groups excluding carboxylic acids is 1. The number of rotatable bonds is 5. The summed E-state index contributed by atoms with van der Waals surface area (Å²) in [6.07, 6.45) is 0.686. The Morgan fingerprint density at radius 1 is 1.63 bits per heavy atom. The number of hydrogen-bond acceptors (Lipinski definition) is 9. The van der Waals surface area contributed by atoms with E-state index in [1.165, 1.54) is 11.8 Å². The zero-order chi connectivity index (χ0) is 14.0. The zero-order valence-electron chi connectivity index (χ0n) is 9.53. The summed E-state index contributed by atoms with van der Waals surface area (Å²) in [7, 11) is 0. The average Bonchev–Trinajstić information content (AvgIpc) is 3.06. The molecule has 104 valence electrons.